The van der Waals surface area contributed by atoms with E-state index in [-0.39, 0.29) is 12.5 Å². The van der Waals surface area contributed by atoms with Crippen LogP contribution in [0.4, 0.5) is 11.6 Å². The van der Waals surface area contributed by atoms with E-state index in [0.29, 0.717) is 31.9 Å². The van der Waals surface area contributed by atoms with Gasteiger partial charge in [0, 0.05) is 31.3 Å². The van der Waals surface area contributed by atoms with Crippen molar-refractivity contribution < 1.29 is 10.2 Å². The van der Waals surface area contributed by atoms with Gasteiger partial charge in [-0.3, -0.25) is 0 Å². The molecular formula is C22H30N6O2. The molecule has 0 saturated carbocycles. The maximum atomic E-state index is 10.8. The van der Waals surface area contributed by atoms with Crippen LogP contribution in [0.2, 0.25) is 0 Å². The summed E-state index contributed by atoms with van der Waals surface area (Å²) in [6.45, 7) is 6.17. The lowest BCUT2D eigenvalue weighted by Crippen LogP contribution is -2.57. The van der Waals surface area contributed by atoms with Gasteiger partial charge in [-0.25, -0.2) is 4.98 Å². The highest BCUT2D eigenvalue weighted by atomic mass is 16.3. The van der Waals surface area contributed by atoms with Crippen molar-refractivity contribution in [3.63, 3.8) is 0 Å². The van der Waals surface area contributed by atoms with Crippen LogP contribution in [0.15, 0.2) is 42.6 Å². The summed E-state index contributed by atoms with van der Waals surface area (Å²) < 4.78 is 1.82. The van der Waals surface area contributed by atoms with Crippen molar-refractivity contribution in [2.75, 3.05) is 30.3 Å². The molecule has 1 saturated heterocycles. The molecule has 0 spiro atoms. The van der Waals surface area contributed by atoms with Crippen LogP contribution in [-0.2, 0) is 6.54 Å². The van der Waals surface area contributed by atoms with E-state index >= 15 is 0 Å². The predicted molar refractivity (Wildman–Crippen MR) is 118 cm³/mol. The number of β-amino-alcohol motifs (C(OH)–C–C–N with tert-alkyl or cyclic N) is 1. The lowest BCUT2D eigenvalue weighted by Gasteiger charge is -2.37. The Morgan fingerprint density at radius 2 is 2.07 bits per heavy atom. The Morgan fingerprint density at radius 3 is 2.80 bits per heavy atom. The summed E-state index contributed by atoms with van der Waals surface area (Å²) in [5, 5.41) is 35.4. The van der Waals surface area contributed by atoms with E-state index in [0.717, 1.165) is 17.0 Å². The molecule has 8 nitrogen and oxygen atoms in total. The lowest BCUT2D eigenvalue weighted by atomic mass is 9.89. The summed E-state index contributed by atoms with van der Waals surface area (Å²) in [4.78, 5) is 4.75. The molecule has 1 aliphatic heterocycles. The van der Waals surface area contributed by atoms with Crippen LogP contribution in [0, 0.1) is 0 Å². The van der Waals surface area contributed by atoms with E-state index in [1.54, 1.807) is 0 Å². The van der Waals surface area contributed by atoms with Crippen molar-refractivity contribution >= 4 is 17.3 Å². The number of aliphatic hydroxyl groups is 2. The van der Waals surface area contributed by atoms with Crippen LogP contribution < -0.4 is 16.0 Å². The molecule has 30 heavy (non-hydrogen) atoms. The second-order valence-corrected chi connectivity index (χ2v) is 8.28. The summed E-state index contributed by atoms with van der Waals surface area (Å²) in [6.07, 6.45) is 1.51. The molecule has 3 heterocycles. The number of rotatable bonds is 7. The molecule has 2 atom stereocenters. The molecule has 0 radical (unpaired) electrons. The van der Waals surface area contributed by atoms with Crippen LogP contribution in [0.3, 0.4) is 0 Å². The van der Waals surface area contributed by atoms with Crippen LogP contribution in [0.25, 0.3) is 5.65 Å². The first-order valence-electron chi connectivity index (χ1n) is 10.5. The van der Waals surface area contributed by atoms with Gasteiger partial charge in [0.05, 0.1) is 12.3 Å². The number of hydrogen-bond donors (Lipinski definition) is 5. The molecule has 1 fully saturated rings. The maximum Gasteiger partial charge on any atom is 0.163 e. The molecule has 8 heteroatoms. The Morgan fingerprint density at radius 1 is 1.27 bits per heavy atom. The third kappa shape index (κ3) is 4.26. The highest BCUT2D eigenvalue weighted by Gasteiger charge is 2.37. The predicted octanol–water partition coefficient (Wildman–Crippen LogP) is 1.96. The van der Waals surface area contributed by atoms with Gasteiger partial charge in [0.25, 0.3) is 0 Å². The zero-order valence-corrected chi connectivity index (χ0v) is 17.5. The normalized spacial score (nSPS) is 21.8. The van der Waals surface area contributed by atoms with Crippen LogP contribution in [-0.4, -0.2) is 56.2 Å². The SMILES string of the molecule is CC(C)c1cnn2c(NCc3ccccc3)cc(NCC3(O)CCNCC3O)nc12. The number of benzene rings is 1. The van der Waals surface area contributed by atoms with E-state index in [9.17, 15) is 10.2 Å². The van der Waals surface area contributed by atoms with Crippen molar-refractivity contribution in [3.8, 4) is 0 Å². The minimum atomic E-state index is -1.18. The molecule has 0 bridgehead atoms. The average Bonchev–Trinajstić information content (AvgIpc) is 3.18. The maximum absolute atomic E-state index is 10.8. The van der Waals surface area contributed by atoms with Crippen molar-refractivity contribution in [2.45, 2.75) is 44.4 Å². The fraction of sp³-hybridized carbons (Fsp3) is 0.455. The van der Waals surface area contributed by atoms with E-state index in [1.807, 2.05) is 35.0 Å². The molecule has 3 aromatic rings. The Bertz CT molecular complexity index is 990. The van der Waals surface area contributed by atoms with E-state index in [2.05, 4.69) is 47.0 Å². The molecule has 2 unspecified atom stereocenters. The van der Waals surface area contributed by atoms with Crippen LogP contribution >= 0.6 is 0 Å². The number of hydrogen-bond acceptors (Lipinski definition) is 7. The Balaban J connectivity index is 1.61. The fourth-order valence-corrected chi connectivity index (χ4v) is 3.74. The highest BCUT2D eigenvalue weighted by molar-refractivity contribution is 5.61. The van der Waals surface area contributed by atoms with Gasteiger partial charge < -0.3 is 26.2 Å². The quantitative estimate of drug-likeness (QED) is 0.405. The Kier molecular flexibility index (Phi) is 5.90. The first kappa shape index (κ1) is 20.6. The molecule has 2 aromatic heterocycles. The molecule has 4 rings (SSSR count). The number of aliphatic hydroxyl groups excluding tert-OH is 1. The minimum absolute atomic E-state index is 0.224. The molecular weight excluding hydrogens is 380 g/mol. The standard InChI is InChI=1S/C22H30N6O2/c1-15(2)17-12-26-28-20(24-11-16-6-4-3-5-7-16)10-19(27-21(17)28)25-14-22(30)8-9-23-13-18(22)29/h3-7,10,12,15,18,23-24,29-30H,8-9,11,13-14H2,1-2H3,(H,25,27). The Hall–Kier alpha value is -2.68. The zero-order valence-electron chi connectivity index (χ0n) is 17.5. The molecule has 1 aliphatic rings. The second-order valence-electron chi connectivity index (χ2n) is 8.28. The van der Waals surface area contributed by atoms with Gasteiger partial charge in [0.15, 0.2) is 5.65 Å². The van der Waals surface area contributed by atoms with Gasteiger partial charge in [0.1, 0.15) is 17.2 Å². The summed E-state index contributed by atoms with van der Waals surface area (Å²) in [6, 6.07) is 12.1. The van der Waals surface area contributed by atoms with Gasteiger partial charge in [-0.1, -0.05) is 44.2 Å². The van der Waals surface area contributed by atoms with Gasteiger partial charge in [0.2, 0.25) is 0 Å². The van der Waals surface area contributed by atoms with E-state index < -0.39 is 11.7 Å². The third-order valence-corrected chi connectivity index (χ3v) is 5.71. The average molecular weight is 411 g/mol. The van der Waals surface area contributed by atoms with E-state index in [4.69, 9.17) is 4.98 Å². The van der Waals surface area contributed by atoms with Crippen LogP contribution in [0.5, 0.6) is 0 Å². The van der Waals surface area contributed by atoms with Gasteiger partial charge in [-0.15, -0.1) is 0 Å². The lowest BCUT2D eigenvalue weighted by molar-refractivity contribution is -0.0820. The topological polar surface area (TPSA) is 107 Å². The summed E-state index contributed by atoms with van der Waals surface area (Å²) in [7, 11) is 0. The number of nitrogens with one attached hydrogen (secondary N) is 3. The van der Waals surface area contributed by atoms with Gasteiger partial charge >= 0.3 is 0 Å². The number of piperidine rings is 1. The van der Waals surface area contributed by atoms with Gasteiger partial charge in [-0.05, 0) is 24.4 Å². The first-order valence-corrected chi connectivity index (χ1v) is 10.5. The molecule has 160 valence electrons. The second kappa shape index (κ2) is 8.59. The van der Waals surface area contributed by atoms with Crippen molar-refractivity contribution in [3.05, 3.63) is 53.7 Å². The number of anilines is 2. The third-order valence-electron chi connectivity index (χ3n) is 5.71. The Labute approximate surface area is 176 Å². The number of fused-ring (bicyclic) bond motifs is 1. The monoisotopic (exact) mass is 410 g/mol. The largest absolute Gasteiger partial charge is 0.389 e. The number of nitrogens with zero attached hydrogens (tertiary/aromatic N) is 3. The summed E-state index contributed by atoms with van der Waals surface area (Å²) in [5.41, 5.74) is 1.82. The molecule has 1 aromatic carbocycles. The summed E-state index contributed by atoms with van der Waals surface area (Å²) >= 11 is 0. The van der Waals surface area contributed by atoms with Crippen molar-refractivity contribution in [1.82, 2.24) is 19.9 Å². The number of aromatic nitrogens is 3. The van der Waals surface area contributed by atoms with Crippen LogP contribution in [0.1, 0.15) is 37.3 Å². The molecule has 5 N–H and O–H groups in total. The highest BCUT2D eigenvalue weighted by Crippen LogP contribution is 2.25. The zero-order chi connectivity index (χ0) is 21.1. The first-order chi connectivity index (χ1) is 14.5. The minimum Gasteiger partial charge on any atom is -0.389 e. The summed E-state index contributed by atoms with van der Waals surface area (Å²) in [5.74, 6) is 1.73. The van der Waals surface area contributed by atoms with Crippen molar-refractivity contribution in [2.24, 2.45) is 0 Å². The van der Waals surface area contributed by atoms with E-state index in [1.165, 1.54) is 5.56 Å². The van der Waals surface area contributed by atoms with Gasteiger partial charge in [-0.2, -0.15) is 9.61 Å². The molecule has 0 amide bonds. The molecule has 0 aliphatic carbocycles. The smallest absolute Gasteiger partial charge is 0.163 e. The fourth-order valence-electron chi connectivity index (χ4n) is 3.74. The van der Waals surface area contributed by atoms with Crippen molar-refractivity contribution in [1.29, 1.82) is 0 Å².